The van der Waals surface area contributed by atoms with Crippen molar-refractivity contribution in [2.24, 2.45) is 5.73 Å². The SMILES string of the molecule is CCC(N)Cc1ccc(-c2ccccc2C(F)(F)F)o1.Cl. The van der Waals surface area contributed by atoms with Crippen molar-refractivity contribution >= 4 is 12.4 Å². The third kappa shape index (κ3) is 4.25. The van der Waals surface area contributed by atoms with Gasteiger partial charge >= 0.3 is 6.18 Å². The van der Waals surface area contributed by atoms with E-state index in [1.54, 1.807) is 18.2 Å². The Morgan fingerprint density at radius 3 is 2.43 bits per heavy atom. The molecule has 2 N–H and O–H groups in total. The predicted molar refractivity (Wildman–Crippen MR) is 78.4 cm³/mol. The second kappa shape index (κ2) is 7.00. The normalized spacial score (nSPS) is 12.8. The second-order valence-corrected chi connectivity index (χ2v) is 4.68. The molecule has 0 saturated carbocycles. The van der Waals surface area contributed by atoms with Crippen molar-refractivity contribution in [2.75, 3.05) is 0 Å². The van der Waals surface area contributed by atoms with E-state index in [1.165, 1.54) is 12.1 Å². The standard InChI is InChI=1S/C15H16F3NO.ClH/c1-2-10(19)9-11-7-8-14(20-11)12-5-3-4-6-13(12)15(16,17)18;/h3-8,10H,2,9,19H2,1H3;1H. The molecule has 0 aliphatic carbocycles. The van der Waals surface area contributed by atoms with Crippen molar-refractivity contribution in [3.63, 3.8) is 0 Å². The van der Waals surface area contributed by atoms with Crippen molar-refractivity contribution in [1.82, 2.24) is 0 Å². The van der Waals surface area contributed by atoms with Gasteiger partial charge in [0, 0.05) is 18.0 Å². The van der Waals surface area contributed by atoms with Gasteiger partial charge in [-0.1, -0.05) is 25.1 Å². The van der Waals surface area contributed by atoms with Crippen molar-refractivity contribution in [3.8, 4) is 11.3 Å². The van der Waals surface area contributed by atoms with Gasteiger partial charge in [0.2, 0.25) is 0 Å². The largest absolute Gasteiger partial charge is 0.461 e. The van der Waals surface area contributed by atoms with Crippen LogP contribution in [0.4, 0.5) is 13.2 Å². The molecule has 1 aromatic heterocycles. The molecule has 1 atom stereocenters. The first-order valence-corrected chi connectivity index (χ1v) is 6.42. The lowest BCUT2D eigenvalue weighted by molar-refractivity contribution is -0.137. The van der Waals surface area contributed by atoms with E-state index in [0.717, 1.165) is 12.5 Å². The van der Waals surface area contributed by atoms with Gasteiger partial charge in [0.05, 0.1) is 5.56 Å². The Hall–Kier alpha value is -1.46. The monoisotopic (exact) mass is 319 g/mol. The third-order valence-electron chi connectivity index (χ3n) is 3.15. The van der Waals surface area contributed by atoms with Gasteiger partial charge in [0.1, 0.15) is 11.5 Å². The molecule has 21 heavy (non-hydrogen) atoms. The number of halogens is 4. The summed E-state index contributed by atoms with van der Waals surface area (Å²) in [6.07, 6.45) is -3.09. The summed E-state index contributed by atoms with van der Waals surface area (Å²) >= 11 is 0. The van der Waals surface area contributed by atoms with Gasteiger partial charge in [0.25, 0.3) is 0 Å². The maximum absolute atomic E-state index is 12.9. The van der Waals surface area contributed by atoms with Gasteiger partial charge in [-0.15, -0.1) is 12.4 Å². The highest BCUT2D eigenvalue weighted by Crippen LogP contribution is 2.37. The zero-order valence-electron chi connectivity index (χ0n) is 11.5. The van der Waals surface area contributed by atoms with Gasteiger partial charge in [-0.2, -0.15) is 13.2 Å². The van der Waals surface area contributed by atoms with E-state index in [4.69, 9.17) is 10.2 Å². The van der Waals surface area contributed by atoms with Crippen LogP contribution in [0.15, 0.2) is 40.8 Å². The van der Waals surface area contributed by atoms with Crippen LogP contribution in [0.2, 0.25) is 0 Å². The van der Waals surface area contributed by atoms with E-state index in [0.29, 0.717) is 12.2 Å². The molecule has 0 spiro atoms. The number of rotatable bonds is 4. The Labute approximate surface area is 127 Å². The van der Waals surface area contributed by atoms with Crippen molar-refractivity contribution in [1.29, 1.82) is 0 Å². The minimum absolute atomic E-state index is 0. The molecule has 0 fully saturated rings. The summed E-state index contributed by atoms with van der Waals surface area (Å²) in [6.45, 7) is 1.95. The molecule has 0 aliphatic heterocycles. The molecular weight excluding hydrogens is 303 g/mol. The van der Waals surface area contributed by atoms with E-state index in [1.807, 2.05) is 6.92 Å². The van der Waals surface area contributed by atoms with Gasteiger partial charge in [-0.3, -0.25) is 0 Å². The fraction of sp³-hybridized carbons (Fsp3) is 0.333. The fourth-order valence-electron chi connectivity index (χ4n) is 1.98. The molecule has 0 bridgehead atoms. The van der Waals surface area contributed by atoms with Crippen molar-refractivity contribution in [2.45, 2.75) is 32.0 Å². The fourth-order valence-corrected chi connectivity index (χ4v) is 1.98. The van der Waals surface area contributed by atoms with Gasteiger partial charge < -0.3 is 10.2 Å². The number of furan rings is 1. The first kappa shape index (κ1) is 17.6. The Morgan fingerprint density at radius 1 is 1.14 bits per heavy atom. The molecule has 2 aromatic rings. The van der Waals surface area contributed by atoms with Crippen LogP contribution in [0.1, 0.15) is 24.7 Å². The van der Waals surface area contributed by atoms with Crippen LogP contribution in [-0.2, 0) is 12.6 Å². The van der Waals surface area contributed by atoms with E-state index >= 15 is 0 Å². The quantitative estimate of drug-likeness (QED) is 0.889. The number of nitrogens with two attached hydrogens (primary N) is 1. The smallest absolute Gasteiger partial charge is 0.417 e. The van der Waals surface area contributed by atoms with Crippen LogP contribution >= 0.6 is 12.4 Å². The lowest BCUT2D eigenvalue weighted by Gasteiger charge is -2.11. The molecule has 1 unspecified atom stereocenters. The average Bonchev–Trinajstić information content (AvgIpc) is 2.86. The Kier molecular flexibility index (Phi) is 5.87. The number of hydrogen-bond acceptors (Lipinski definition) is 2. The first-order valence-electron chi connectivity index (χ1n) is 6.42. The molecule has 0 amide bonds. The number of alkyl halides is 3. The lowest BCUT2D eigenvalue weighted by Crippen LogP contribution is -2.20. The average molecular weight is 320 g/mol. The summed E-state index contributed by atoms with van der Waals surface area (Å²) in [4.78, 5) is 0. The molecular formula is C15H17ClF3NO. The Morgan fingerprint density at radius 2 is 1.81 bits per heavy atom. The van der Waals surface area contributed by atoms with E-state index < -0.39 is 11.7 Å². The molecule has 2 rings (SSSR count). The van der Waals surface area contributed by atoms with E-state index in [2.05, 4.69) is 0 Å². The molecule has 1 aromatic carbocycles. The van der Waals surface area contributed by atoms with Crippen LogP contribution in [0, 0.1) is 0 Å². The summed E-state index contributed by atoms with van der Waals surface area (Å²) < 4.78 is 44.3. The highest BCUT2D eigenvalue weighted by atomic mass is 35.5. The van der Waals surface area contributed by atoms with Gasteiger partial charge in [0.15, 0.2) is 0 Å². The maximum atomic E-state index is 12.9. The molecule has 2 nitrogen and oxygen atoms in total. The van der Waals surface area contributed by atoms with E-state index in [-0.39, 0.29) is 29.8 Å². The molecule has 0 radical (unpaired) electrons. The van der Waals surface area contributed by atoms with Crippen LogP contribution in [0.3, 0.4) is 0 Å². The topological polar surface area (TPSA) is 39.2 Å². The van der Waals surface area contributed by atoms with Crippen LogP contribution < -0.4 is 5.73 Å². The first-order chi connectivity index (χ1) is 9.41. The lowest BCUT2D eigenvalue weighted by atomic mass is 10.1. The third-order valence-corrected chi connectivity index (χ3v) is 3.15. The Bertz CT molecular complexity index is 580. The van der Waals surface area contributed by atoms with Crippen molar-refractivity contribution < 1.29 is 17.6 Å². The summed E-state index contributed by atoms with van der Waals surface area (Å²) in [7, 11) is 0. The minimum Gasteiger partial charge on any atom is -0.461 e. The van der Waals surface area contributed by atoms with Crippen LogP contribution in [-0.4, -0.2) is 6.04 Å². The van der Waals surface area contributed by atoms with Crippen LogP contribution in [0.5, 0.6) is 0 Å². The number of hydrogen-bond donors (Lipinski definition) is 1. The molecule has 116 valence electrons. The summed E-state index contributed by atoms with van der Waals surface area (Å²) in [5.41, 5.74) is 5.17. The molecule has 6 heteroatoms. The van der Waals surface area contributed by atoms with Crippen molar-refractivity contribution in [3.05, 3.63) is 47.7 Å². The summed E-state index contributed by atoms with van der Waals surface area (Å²) in [6, 6.07) is 8.57. The summed E-state index contributed by atoms with van der Waals surface area (Å²) in [5, 5.41) is 0. The van der Waals surface area contributed by atoms with E-state index in [9.17, 15) is 13.2 Å². The zero-order chi connectivity index (χ0) is 14.8. The predicted octanol–water partition coefficient (Wildman–Crippen LogP) is 4.67. The van der Waals surface area contributed by atoms with Crippen LogP contribution in [0.25, 0.3) is 11.3 Å². The second-order valence-electron chi connectivity index (χ2n) is 4.68. The summed E-state index contributed by atoms with van der Waals surface area (Å²) in [5.74, 6) is 0.822. The molecule has 0 aliphatic rings. The zero-order valence-corrected chi connectivity index (χ0v) is 12.3. The highest BCUT2D eigenvalue weighted by Gasteiger charge is 2.34. The van der Waals surface area contributed by atoms with Gasteiger partial charge in [-0.05, 0) is 24.6 Å². The molecule has 1 heterocycles. The number of benzene rings is 1. The highest BCUT2D eigenvalue weighted by molar-refractivity contribution is 5.85. The maximum Gasteiger partial charge on any atom is 0.417 e. The minimum atomic E-state index is -4.40. The Balaban J connectivity index is 0.00000220. The molecule has 0 saturated heterocycles. The van der Waals surface area contributed by atoms with Gasteiger partial charge in [-0.25, -0.2) is 0 Å².